The van der Waals surface area contributed by atoms with Crippen molar-refractivity contribution in [3.63, 3.8) is 0 Å². The first-order chi connectivity index (χ1) is 11.1. The van der Waals surface area contributed by atoms with Gasteiger partial charge in [-0.2, -0.15) is 5.26 Å². The quantitative estimate of drug-likeness (QED) is 0.680. The van der Waals surface area contributed by atoms with Gasteiger partial charge in [-0.3, -0.25) is 4.79 Å². The molecule has 1 heterocycles. The summed E-state index contributed by atoms with van der Waals surface area (Å²) in [6.45, 7) is 1.99. The van der Waals surface area contributed by atoms with Crippen molar-refractivity contribution in [2.75, 3.05) is 0 Å². The van der Waals surface area contributed by atoms with Crippen molar-refractivity contribution in [1.29, 1.82) is 5.26 Å². The molecule has 0 aliphatic carbocycles. The van der Waals surface area contributed by atoms with Crippen molar-refractivity contribution in [2.45, 2.75) is 6.92 Å². The van der Waals surface area contributed by atoms with Crippen molar-refractivity contribution < 1.29 is 4.79 Å². The summed E-state index contributed by atoms with van der Waals surface area (Å²) in [7, 11) is 1.78. The second kappa shape index (κ2) is 7.12. The van der Waals surface area contributed by atoms with E-state index in [9.17, 15) is 10.1 Å². The standard InChI is InChI=1S/C19H15N3O.ClH/c1-13-5-3-4-6-16(13)17-9-14(7-8-15(17)10-20)19(23)18-11-21-12-22(18)2;/h3-9,11-12H,1-2H3;1H. The molecule has 3 aromatic rings. The number of aromatic nitrogens is 2. The molecule has 0 unspecified atom stereocenters. The molecule has 0 spiro atoms. The van der Waals surface area contributed by atoms with Crippen LogP contribution in [0.15, 0.2) is 55.0 Å². The molecular weight excluding hydrogens is 322 g/mol. The summed E-state index contributed by atoms with van der Waals surface area (Å²) < 4.78 is 1.69. The van der Waals surface area contributed by atoms with Crippen LogP contribution in [0.25, 0.3) is 11.1 Å². The van der Waals surface area contributed by atoms with Gasteiger partial charge in [0.15, 0.2) is 0 Å². The summed E-state index contributed by atoms with van der Waals surface area (Å²) in [5.41, 5.74) is 4.42. The smallest absolute Gasteiger partial charge is 0.211 e. The Labute approximate surface area is 146 Å². The fourth-order valence-corrected chi connectivity index (χ4v) is 2.60. The third-order valence-corrected chi connectivity index (χ3v) is 3.89. The third-order valence-electron chi connectivity index (χ3n) is 3.89. The molecule has 0 aliphatic heterocycles. The number of hydrogen-bond acceptors (Lipinski definition) is 3. The minimum atomic E-state index is -0.107. The van der Waals surface area contributed by atoms with E-state index in [2.05, 4.69) is 11.1 Å². The zero-order chi connectivity index (χ0) is 16.4. The molecule has 0 aliphatic rings. The van der Waals surface area contributed by atoms with E-state index >= 15 is 0 Å². The lowest BCUT2D eigenvalue weighted by molar-refractivity contribution is 0.103. The lowest BCUT2D eigenvalue weighted by atomic mass is 9.93. The number of carbonyl (C=O) groups is 1. The predicted octanol–water partition coefficient (Wildman–Crippen LogP) is 3.92. The van der Waals surface area contributed by atoms with E-state index in [1.807, 2.05) is 31.2 Å². The highest BCUT2D eigenvalue weighted by Crippen LogP contribution is 2.28. The molecule has 3 rings (SSSR count). The van der Waals surface area contributed by atoms with Crippen molar-refractivity contribution in [2.24, 2.45) is 7.05 Å². The van der Waals surface area contributed by atoms with Crippen LogP contribution < -0.4 is 0 Å². The Morgan fingerprint density at radius 2 is 1.92 bits per heavy atom. The second-order valence-corrected chi connectivity index (χ2v) is 5.41. The molecule has 0 bridgehead atoms. The molecule has 0 N–H and O–H groups in total. The molecule has 24 heavy (non-hydrogen) atoms. The van der Waals surface area contributed by atoms with E-state index in [0.29, 0.717) is 16.8 Å². The van der Waals surface area contributed by atoms with Crippen molar-refractivity contribution in [3.05, 3.63) is 77.4 Å². The van der Waals surface area contributed by atoms with Crippen molar-refractivity contribution in [1.82, 2.24) is 9.55 Å². The number of hydrogen-bond donors (Lipinski definition) is 0. The minimum Gasteiger partial charge on any atom is -0.331 e. The van der Waals surface area contributed by atoms with Gasteiger partial charge in [0.25, 0.3) is 0 Å². The van der Waals surface area contributed by atoms with Crippen LogP contribution in [0.5, 0.6) is 0 Å². The molecule has 0 fully saturated rings. The van der Waals surface area contributed by atoms with Gasteiger partial charge in [-0.1, -0.05) is 24.3 Å². The molecule has 0 saturated carbocycles. The fraction of sp³-hybridized carbons (Fsp3) is 0.105. The Bertz CT molecular complexity index is 938. The maximum absolute atomic E-state index is 12.7. The van der Waals surface area contributed by atoms with Gasteiger partial charge in [0, 0.05) is 18.2 Å². The van der Waals surface area contributed by atoms with Gasteiger partial charge in [-0.25, -0.2) is 4.98 Å². The van der Waals surface area contributed by atoms with Gasteiger partial charge in [-0.15, -0.1) is 12.4 Å². The Morgan fingerprint density at radius 1 is 1.17 bits per heavy atom. The highest BCUT2D eigenvalue weighted by molar-refractivity contribution is 6.08. The van der Waals surface area contributed by atoms with Crippen LogP contribution in [-0.2, 0) is 7.05 Å². The molecule has 0 atom stereocenters. The van der Waals surface area contributed by atoms with Crippen LogP contribution in [0.3, 0.4) is 0 Å². The number of nitrogens with zero attached hydrogens (tertiary/aromatic N) is 3. The molecule has 0 radical (unpaired) electrons. The highest BCUT2D eigenvalue weighted by Gasteiger charge is 2.16. The molecule has 0 amide bonds. The maximum atomic E-state index is 12.7. The predicted molar refractivity (Wildman–Crippen MR) is 95.2 cm³/mol. The van der Waals surface area contributed by atoms with E-state index < -0.39 is 0 Å². The lowest BCUT2D eigenvalue weighted by Crippen LogP contribution is -2.07. The number of imidazole rings is 1. The topological polar surface area (TPSA) is 58.7 Å². The van der Waals surface area contributed by atoms with Crippen LogP contribution in [0.1, 0.15) is 27.2 Å². The van der Waals surface area contributed by atoms with E-state index in [0.717, 1.165) is 16.7 Å². The van der Waals surface area contributed by atoms with Crippen LogP contribution in [0.2, 0.25) is 0 Å². The van der Waals surface area contributed by atoms with E-state index in [-0.39, 0.29) is 18.2 Å². The molecule has 120 valence electrons. The number of aryl methyl sites for hydroxylation is 2. The first kappa shape index (κ1) is 17.5. The van der Waals surface area contributed by atoms with Gasteiger partial charge in [0.2, 0.25) is 5.78 Å². The first-order valence-electron chi connectivity index (χ1n) is 7.23. The van der Waals surface area contributed by atoms with Gasteiger partial charge in [-0.05, 0) is 36.2 Å². The summed E-state index contributed by atoms with van der Waals surface area (Å²) in [6, 6.07) is 15.2. The van der Waals surface area contributed by atoms with Crippen LogP contribution in [-0.4, -0.2) is 15.3 Å². The van der Waals surface area contributed by atoms with Gasteiger partial charge < -0.3 is 4.57 Å². The van der Waals surface area contributed by atoms with E-state index in [4.69, 9.17) is 0 Å². The van der Waals surface area contributed by atoms with Crippen molar-refractivity contribution >= 4 is 18.2 Å². The van der Waals surface area contributed by atoms with E-state index in [1.54, 1.807) is 42.3 Å². The maximum Gasteiger partial charge on any atom is 0.211 e. The molecular formula is C19H16ClN3O. The Hall–Kier alpha value is -2.90. The van der Waals surface area contributed by atoms with Gasteiger partial charge in [0.05, 0.1) is 24.2 Å². The minimum absolute atomic E-state index is 0. The summed E-state index contributed by atoms with van der Waals surface area (Å²) in [5, 5.41) is 9.38. The fourth-order valence-electron chi connectivity index (χ4n) is 2.60. The summed E-state index contributed by atoms with van der Waals surface area (Å²) >= 11 is 0. The average Bonchev–Trinajstić information content (AvgIpc) is 3.00. The summed E-state index contributed by atoms with van der Waals surface area (Å²) in [4.78, 5) is 16.6. The average molecular weight is 338 g/mol. The van der Waals surface area contributed by atoms with Crippen LogP contribution in [0, 0.1) is 18.3 Å². The summed E-state index contributed by atoms with van der Waals surface area (Å²) in [5.74, 6) is -0.107. The number of halogens is 1. The monoisotopic (exact) mass is 337 g/mol. The largest absolute Gasteiger partial charge is 0.331 e. The Morgan fingerprint density at radius 3 is 2.54 bits per heavy atom. The highest BCUT2D eigenvalue weighted by atomic mass is 35.5. The zero-order valence-corrected chi connectivity index (χ0v) is 14.2. The molecule has 4 nitrogen and oxygen atoms in total. The van der Waals surface area contributed by atoms with Crippen LogP contribution >= 0.6 is 12.4 Å². The van der Waals surface area contributed by atoms with Crippen molar-refractivity contribution in [3.8, 4) is 17.2 Å². The van der Waals surface area contributed by atoms with Gasteiger partial charge >= 0.3 is 0 Å². The molecule has 1 aromatic heterocycles. The van der Waals surface area contributed by atoms with Crippen LogP contribution in [0.4, 0.5) is 0 Å². The number of rotatable bonds is 3. The first-order valence-corrected chi connectivity index (χ1v) is 7.23. The molecule has 2 aromatic carbocycles. The summed E-state index contributed by atoms with van der Waals surface area (Å²) in [6.07, 6.45) is 3.15. The van der Waals surface area contributed by atoms with E-state index in [1.165, 1.54) is 0 Å². The van der Waals surface area contributed by atoms with Gasteiger partial charge in [0.1, 0.15) is 5.69 Å². The Kier molecular flexibility index (Phi) is 5.18. The lowest BCUT2D eigenvalue weighted by Gasteiger charge is -2.10. The number of carbonyl (C=O) groups excluding carboxylic acids is 1. The zero-order valence-electron chi connectivity index (χ0n) is 13.4. The SMILES string of the molecule is Cc1ccccc1-c1cc(C(=O)c2cncn2C)ccc1C#N.Cl. The number of ketones is 1. The Balaban J connectivity index is 0.00000208. The third kappa shape index (κ3) is 3.08. The number of benzene rings is 2. The molecule has 5 heteroatoms. The number of nitriles is 1. The second-order valence-electron chi connectivity index (χ2n) is 5.41. The normalized spacial score (nSPS) is 9.88. The molecule has 0 saturated heterocycles.